The van der Waals surface area contributed by atoms with E-state index in [1.807, 2.05) is 61.5 Å². The minimum Gasteiger partial charge on any atom is -0.492 e. The number of carboxylic acid groups (broad SMARTS) is 1. The topological polar surface area (TPSA) is 134 Å². The largest absolute Gasteiger partial charge is 0.492 e. The van der Waals surface area contributed by atoms with Crippen molar-refractivity contribution in [3.8, 4) is 22.6 Å². The fourth-order valence-corrected chi connectivity index (χ4v) is 4.71. The molecule has 0 saturated carbocycles. The van der Waals surface area contributed by atoms with E-state index in [4.69, 9.17) is 14.6 Å². The van der Waals surface area contributed by atoms with Crippen LogP contribution in [0.5, 0.6) is 11.5 Å². The lowest BCUT2D eigenvalue weighted by atomic mass is 10.0. The molecular weight excluding hydrogens is 556 g/mol. The second-order valence-corrected chi connectivity index (χ2v) is 11.7. The number of carboxylic acids is 1. The minimum atomic E-state index is -3.57. The zero-order chi connectivity index (χ0) is 30.1. The quantitative estimate of drug-likeness (QED) is 0.160. The number of hydrogen-bond donors (Lipinski definition) is 4. The van der Waals surface area contributed by atoms with Crippen LogP contribution >= 0.6 is 0 Å². The van der Waals surface area contributed by atoms with Crippen molar-refractivity contribution < 1.29 is 32.9 Å². The van der Waals surface area contributed by atoms with Crippen molar-refractivity contribution in [1.29, 1.82) is 0 Å². The molecule has 0 aromatic heterocycles. The molecule has 0 fully saturated rings. The third kappa shape index (κ3) is 9.07. The van der Waals surface area contributed by atoms with Gasteiger partial charge in [0, 0.05) is 12.6 Å². The number of aromatic carboxylic acids is 1. The Bertz CT molecular complexity index is 1580. The van der Waals surface area contributed by atoms with Crippen LogP contribution in [0.15, 0.2) is 97.1 Å². The number of ether oxygens (including phenoxy) is 2. The summed E-state index contributed by atoms with van der Waals surface area (Å²) in [4.78, 5) is 11.0. The van der Waals surface area contributed by atoms with E-state index < -0.39 is 22.1 Å². The van der Waals surface area contributed by atoms with E-state index in [2.05, 4.69) is 10.0 Å². The van der Waals surface area contributed by atoms with Gasteiger partial charge in [-0.2, -0.15) is 0 Å². The summed E-state index contributed by atoms with van der Waals surface area (Å²) in [7, 11) is -3.57. The first-order valence-corrected chi connectivity index (χ1v) is 15.2. The first kappa shape index (κ1) is 30.6. The molecule has 0 unspecified atom stereocenters. The molecule has 4 aromatic rings. The van der Waals surface area contributed by atoms with Crippen molar-refractivity contribution in [2.24, 2.45) is 0 Å². The molecule has 4 rings (SSSR count). The molecule has 0 aliphatic carbocycles. The predicted octanol–water partition coefficient (Wildman–Crippen LogP) is 5.09. The van der Waals surface area contributed by atoms with Crippen LogP contribution in [0.4, 0.5) is 5.69 Å². The number of rotatable bonds is 14. The summed E-state index contributed by atoms with van der Waals surface area (Å²) in [5.74, 6) is 0.0761. The van der Waals surface area contributed by atoms with Crippen LogP contribution in [0, 0.1) is 0 Å². The highest BCUT2D eigenvalue weighted by Crippen LogP contribution is 2.30. The van der Waals surface area contributed by atoms with Gasteiger partial charge in [-0.1, -0.05) is 60.7 Å². The molecule has 9 nitrogen and oxygen atoms in total. The number of anilines is 1. The third-order valence-corrected chi connectivity index (χ3v) is 6.99. The first-order valence-electron chi connectivity index (χ1n) is 13.3. The number of sulfonamides is 1. The molecule has 0 aliphatic heterocycles. The maximum atomic E-state index is 12.0. The number of aliphatic hydroxyl groups excluding tert-OH is 1. The van der Waals surface area contributed by atoms with Crippen molar-refractivity contribution in [2.75, 3.05) is 24.1 Å². The third-order valence-electron chi connectivity index (χ3n) is 6.40. The van der Waals surface area contributed by atoms with E-state index in [0.717, 1.165) is 22.9 Å². The number of hydrogen-bond acceptors (Lipinski definition) is 7. The fraction of sp³-hybridized carbons (Fsp3) is 0.219. The van der Waals surface area contributed by atoms with Gasteiger partial charge in [-0.15, -0.1) is 0 Å². The Morgan fingerprint density at radius 1 is 0.881 bits per heavy atom. The van der Waals surface area contributed by atoms with Crippen LogP contribution in [-0.4, -0.2) is 50.0 Å². The highest BCUT2D eigenvalue weighted by atomic mass is 32.2. The summed E-state index contributed by atoms with van der Waals surface area (Å²) >= 11 is 0. The van der Waals surface area contributed by atoms with Crippen LogP contribution in [0.3, 0.4) is 0 Å². The van der Waals surface area contributed by atoms with Crippen molar-refractivity contribution in [3.05, 3.63) is 114 Å². The molecule has 10 heteroatoms. The summed E-state index contributed by atoms with van der Waals surface area (Å²) < 4.78 is 38.1. The number of nitrogens with one attached hydrogen (secondary N) is 2. The summed E-state index contributed by atoms with van der Waals surface area (Å²) in [6.07, 6.45) is 0.161. The maximum absolute atomic E-state index is 12.0. The molecular formula is C32H34N2O7S. The Morgan fingerprint density at radius 2 is 1.52 bits per heavy atom. The Hall–Kier alpha value is -4.38. The van der Waals surface area contributed by atoms with Crippen LogP contribution < -0.4 is 19.5 Å². The van der Waals surface area contributed by atoms with Gasteiger partial charge < -0.3 is 25.0 Å². The molecule has 0 heterocycles. The molecule has 4 N–H and O–H groups in total. The van der Waals surface area contributed by atoms with E-state index in [-0.39, 0.29) is 30.4 Å². The average molecular weight is 591 g/mol. The van der Waals surface area contributed by atoms with Gasteiger partial charge in [-0.25, -0.2) is 13.2 Å². The van der Waals surface area contributed by atoms with E-state index in [1.165, 1.54) is 0 Å². The molecule has 0 bridgehead atoms. The Labute approximate surface area is 245 Å². The second kappa shape index (κ2) is 14.0. The van der Waals surface area contributed by atoms with E-state index >= 15 is 0 Å². The van der Waals surface area contributed by atoms with Gasteiger partial charge in [0.2, 0.25) is 10.0 Å². The van der Waals surface area contributed by atoms with Gasteiger partial charge in [-0.05, 0) is 65.6 Å². The second-order valence-electron chi connectivity index (χ2n) is 9.95. The normalized spacial score (nSPS) is 12.7. The lowest BCUT2D eigenvalue weighted by molar-refractivity contribution is 0.0697. The van der Waals surface area contributed by atoms with Crippen LogP contribution in [0.25, 0.3) is 11.1 Å². The van der Waals surface area contributed by atoms with Crippen molar-refractivity contribution in [2.45, 2.75) is 25.7 Å². The molecule has 220 valence electrons. The summed E-state index contributed by atoms with van der Waals surface area (Å²) in [5.41, 5.74) is 3.80. The lowest BCUT2D eigenvalue weighted by Crippen LogP contribution is -2.34. The van der Waals surface area contributed by atoms with E-state index in [9.17, 15) is 18.3 Å². The van der Waals surface area contributed by atoms with Crippen molar-refractivity contribution >= 4 is 21.7 Å². The molecule has 0 radical (unpaired) electrons. The Balaban J connectivity index is 1.30. The Morgan fingerprint density at radius 3 is 2.14 bits per heavy atom. The summed E-state index contributed by atoms with van der Waals surface area (Å²) in [6.45, 7) is 2.77. The highest BCUT2D eigenvalue weighted by molar-refractivity contribution is 7.92. The first-order chi connectivity index (χ1) is 20.1. The molecule has 0 spiro atoms. The zero-order valence-corrected chi connectivity index (χ0v) is 24.2. The zero-order valence-electron chi connectivity index (χ0n) is 23.4. The van der Waals surface area contributed by atoms with Crippen LogP contribution in [-0.2, 0) is 16.6 Å². The van der Waals surface area contributed by atoms with Gasteiger partial charge in [0.05, 0.1) is 23.6 Å². The molecule has 0 aliphatic rings. The lowest BCUT2D eigenvalue weighted by Gasteiger charge is -2.20. The van der Waals surface area contributed by atoms with E-state index in [1.54, 1.807) is 42.5 Å². The Kier molecular flexibility index (Phi) is 10.2. The maximum Gasteiger partial charge on any atom is 0.335 e. The number of benzene rings is 4. The average Bonchev–Trinajstić information content (AvgIpc) is 2.98. The highest BCUT2D eigenvalue weighted by Gasteiger charge is 2.16. The molecule has 42 heavy (non-hydrogen) atoms. The van der Waals surface area contributed by atoms with E-state index in [0.29, 0.717) is 23.7 Å². The SMILES string of the molecule is C[C@H](COc1ccc(-c2ccc(C(=O)O)cc2)cc1)NC[C@@H](O)c1ccc(OCc2ccccc2)c(NS(C)(=O)=O)c1. The standard InChI is InChI=1S/C32H34N2O7S/c1-22(20-40-28-15-12-25(13-16-28)24-8-10-26(11-9-24)32(36)37)33-19-30(35)27-14-17-31(29(18-27)34-42(2,38)39)41-21-23-6-4-3-5-7-23/h3-18,22,30,33-35H,19-21H2,1-2H3,(H,36,37)/t22-,30-/m1/s1. The smallest absolute Gasteiger partial charge is 0.335 e. The monoisotopic (exact) mass is 590 g/mol. The number of carbonyl (C=O) groups is 1. The van der Waals surface area contributed by atoms with Crippen molar-refractivity contribution in [1.82, 2.24) is 5.32 Å². The molecule has 2 atom stereocenters. The fourth-order valence-electron chi connectivity index (χ4n) is 4.16. The van der Waals surface area contributed by atoms with Crippen LogP contribution in [0.1, 0.15) is 34.5 Å². The minimum absolute atomic E-state index is 0.0926. The van der Waals surface area contributed by atoms with Gasteiger partial charge in [0.25, 0.3) is 0 Å². The van der Waals surface area contributed by atoms with Crippen molar-refractivity contribution in [3.63, 3.8) is 0 Å². The molecule has 4 aromatic carbocycles. The van der Waals surface area contributed by atoms with Gasteiger partial charge >= 0.3 is 5.97 Å². The van der Waals surface area contributed by atoms with Gasteiger partial charge in [-0.3, -0.25) is 4.72 Å². The summed E-state index contributed by atoms with van der Waals surface area (Å²) in [6, 6.07) is 28.5. The van der Waals surface area contributed by atoms with Gasteiger partial charge in [0.1, 0.15) is 24.7 Å². The van der Waals surface area contributed by atoms with Crippen LogP contribution in [0.2, 0.25) is 0 Å². The summed E-state index contributed by atoms with van der Waals surface area (Å²) in [5, 5.41) is 23.1. The predicted molar refractivity (Wildman–Crippen MR) is 162 cm³/mol. The molecule has 0 amide bonds. The molecule has 0 saturated heterocycles. The van der Waals surface area contributed by atoms with Gasteiger partial charge in [0.15, 0.2) is 0 Å². The number of aliphatic hydroxyl groups is 1.